The molecular weight excluding hydrogens is 216 g/mol. The summed E-state index contributed by atoms with van der Waals surface area (Å²) in [6, 6.07) is 3.82. The van der Waals surface area contributed by atoms with Gasteiger partial charge in [-0.3, -0.25) is 9.78 Å². The number of aromatic nitrogens is 1. The van der Waals surface area contributed by atoms with Crippen LogP contribution in [0.2, 0.25) is 0 Å². The van der Waals surface area contributed by atoms with Crippen LogP contribution in [0.5, 0.6) is 0 Å². The Hall–Kier alpha value is -1.62. The number of hydrogen-bond donors (Lipinski definition) is 3. The molecule has 1 heterocycles. The second-order valence-corrected chi connectivity index (χ2v) is 4.06. The fourth-order valence-corrected chi connectivity index (χ4v) is 1.45. The van der Waals surface area contributed by atoms with Crippen molar-refractivity contribution < 1.29 is 4.79 Å². The van der Waals surface area contributed by atoms with Gasteiger partial charge in [0.15, 0.2) is 0 Å². The number of nitrogens with one attached hydrogen (secondary N) is 2. The molecule has 5 heteroatoms. The van der Waals surface area contributed by atoms with Gasteiger partial charge >= 0.3 is 0 Å². The summed E-state index contributed by atoms with van der Waals surface area (Å²) in [5, 5.41) is 5.79. The molecule has 1 amide bonds. The van der Waals surface area contributed by atoms with Gasteiger partial charge in [-0.1, -0.05) is 0 Å². The first-order chi connectivity index (χ1) is 8.13. The van der Waals surface area contributed by atoms with Crippen LogP contribution in [-0.2, 0) is 0 Å². The molecule has 1 rings (SSSR count). The van der Waals surface area contributed by atoms with E-state index in [0.717, 1.165) is 25.1 Å². The number of nitrogens with two attached hydrogens (primary N) is 1. The van der Waals surface area contributed by atoms with Gasteiger partial charge in [0.25, 0.3) is 5.91 Å². The van der Waals surface area contributed by atoms with Crippen LogP contribution in [0.1, 0.15) is 30.3 Å². The number of nitrogens with zero attached hydrogens (tertiary/aromatic N) is 1. The Bertz CT molecular complexity index is 365. The topological polar surface area (TPSA) is 80.0 Å². The minimum Gasteiger partial charge on any atom is -0.385 e. The second-order valence-electron chi connectivity index (χ2n) is 4.06. The van der Waals surface area contributed by atoms with Gasteiger partial charge in [0.05, 0.1) is 0 Å². The predicted molar refractivity (Wildman–Crippen MR) is 69.0 cm³/mol. The van der Waals surface area contributed by atoms with Crippen molar-refractivity contribution in [1.82, 2.24) is 10.3 Å². The van der Waals surface area contributed by atoms with E-state index in [0.29, 0.717) is 5.69 Å². The lowest BCUT2D eigenvalue weighted by atomic mass is 10.2. The first kappa shape index (κ1) is 13.4. The molecule has 4 N–H and O–H groups in total. The maximum Gasteiger partial charge on any atom is 0.269 e. The normalized spacial score (nSPS) is 11.9. The van der Waals surface area contributed by atoms with Gasteiger partial charge < -0.3 is 16.4 Å². The summed E-state index contributed by atoms with van der Waals surface area (Å²) in [4.78, 5) is 15.4. The Labute approximate surface area is 102 Å². The second kappa shape index (κ2) is 6.85. The van der Waals surface area contributed by atoms with Gasteiger partial charge in [0, 0.05) is 31.5 Å². The minimum absolute atomic E-state index is 0.177. The fourth-order valence-electron chi connectivity index (χ4n) is 1.45. The molecule has 1 atom stereocenters. The number of anilines is 1. The highest BCUT2D eigenvalue weighted by Crippen LogP contribution is 2.08. The first-order valence-corrected chi connectivity index (χ1v) is 5.81. The largest absolute Gasteiger partial charge is 0.385 e. The van der Waals surface area contributed by atoms with Crippen molar-refractivity contribution in [2.45, 2.75) is 25.8 Å². The molecule has 94 valence electrons. The van der Waals surface area contributed by atoms with Crippen LogP contribution >= 0.6 is 0 Å². The highest BCUT2D eigenvalue weighted by atomic mass is 16.1. The first-order valence-electron chi connectivity index (χ1n) is 5.81. The highest BCUT2D eigenvalue weighted by molar-refractivity contribution is 5.92. The molecule has 1 aromatic heterocycles. The van der Waals surface area contributed by atoms with E-state index in [-0.39, 0.29) is 11.9 Å². The molecule has 1 unspecified atom stereocenters. The van der Waals surface area contributed by atoms with Gasteiger partial charge in [0.1, 0.15) is 5.69 Å². The maximum atomic E-state index is 11.4. The van der Waals surface area contributed by atoms with Crippen LogP contribution in [-0.4, -0.2) is 30.5 Å². The zero-order valence-electron chi connectivity index (χ0n) is 10.4. The van der Waals surface area contributed by atoms with Crippen LogP contribution in [0.4, 0.5) is 5.69 Å². The van der Waals surface area contributed by atoms with Gasteiger partial charge in [-0.25, -0.2) is 0 Å². The van der Waals surface area contributed by atoms with Crippen LogP contribution in [0.15, 0.2) is 18.3 Å². The number of amides is 1. The molecule has 0 saturated carbocycles. The van der Waals surface area contributed by atoms with Crippen LogP contribution in [0.3, 0.4) is 0 Å². The minimum atomic E-state index is -0.177. The number of pyridine rings is 1. The molecule has 5 nitrogen and oxygen atoms in total. The fraction of sp³-hybridized carbons (Fsp3) is 0.500. The van der Waals surface area contributed by atoms with E-state index in [4.69, 9.17) is 5.73 Å². The Morgan fingerprint density at radius 2 is 2.35 bits per heavy atom. The average Bonchev–Trinajstić information content (AvgIpc) is 2.34. The van der Waals surface area contributed by atoms with Crippen LogP contribution in [0, 0.1) is 0 Å². The molecule has 17 heavy (non-hydrogen) atoms. The lowest BCUT2D eigenvalue weighted by molar-refractivity contribution is 0.0958. The molecule has 1 aromatic rings. The summed E-state index contributed by atoms with van der Waals surface area (Å²) in [6.45, 7) is 2.84. The zero-order chi connectivity index (χ0) is 12.7. The Kier molecular flexibility index (Phi) is 5.42. The summed E-state index contributed by atoms with van der Waals surface area (Å²) in [5.74, 6) is -0.177. The van der Waals surface area contributed by atoms with Crippen LogP contribution in [0.25, 0.3) is 0 Å². The van der Waals surface area contributed by atoms with Crippen molar-refractivity contribution in [2.24, 2.45) is 5.73 Å². The molecule has 0 aliphatic rings. The monoisotopic (exact) mass is 236 g/mol. The number of carbonyl (C=O) groups is 1. The van der Waals surface area contributed by atoms with E-state index in [1.165, 1.54) is 0 Å². The average molecular weight is 236 g/mol. The van der Waals surface area contributed by atoms with Gasteiger partial charge in [-0.15, -0.1) is 0 Å². The summed E-state index contributed by atoms with van der Waals surface area (Å²) in [5.41, 5.74) is 6.99. The molecule has 0 spiro atoms. The standard InChI is InChI=1S/C12H20N4O/c1-9(13)4-3-6-15-10-5-7-16-11(8-10)12(17)14-2/h5,7-9H,3-4,6,13H2,1-2H3,(H,14,17)(H,15,16). The van der Waals surface area contributed by atoms with E-state index in [1.807, 2.05) is 13.0 Å². The molecule has 0 bridgehead atoms. The molecule has 0 aliphatic carbocycles. The third-order valence-electron chi connectivity index (χ3n) is 2.39. The lowest BCUT2D eigenvalue weighted by Crippen LogP contribution is -2.19. The molecular formula is C12H20N4O. The predicted octanol–water partition coefficient (Wildman–Crippen LogP) is 0.980. The third kappa shape index (κ3) is 4.82. The van der Waals surface area contributed by atoms with E-state index >= 15 is 0 Å². The van der Waals surface area contributed by atoms with Crippen molar-refractivity contribution in [3.05, 3.63) is 24.0 Å². The van der Waals surface area contributed by atoms with Crippen LogP contribution < -0.4 is 16.4 Å². The number of rotatable bonds is 6. The highest BCUT2D eigenvalue weighted by Gasteiger charge is 2.04. The molecule has 0 saturated heterocycles. The zero-order valence-corrected chi connectivity index (χ0v) is 10.4. The molecule has 0 aliphatic heterocycles. The van der Waals surface area contributed by atoms with E-state index < -0.39 is 0 Å². The SMILES string of the molecule is CNC(=O)c1cc(NCCCC(C)N)ccn1. The summed E-state index contributed by atoms with van der Waals surface area (Å²) in [7, 11) is 1.59. The Morgan fingerprint density at radius 3 is 3.00 bits per heavy atom. The Morgan fingerprint density at radius 1 is 1.59 bits per heavy atom. The van der Waals surface area contributed by atoms with Crippen molar-refractivity contribution in [3.8, 4) is 0 Å². The molecule has 0 aromatic carbocycles. The van der Waals surface area contributed by atoms with Crippen molar-refractivity contribution in [1.29, 1.82) is 0 Å². The summed E-state index contributed by atoms with van der Waals surface area (Å²) >= 11 is 0. The lowest BCUT2D eigenvalue weighted by Gasteiger charge is -2.08. The molecule has 0 fully saturated rings. The van der Waals surface area contributed by atoms with Gasteiger partial charge in [0.2, 0.25) is 0 Å². The van der Waals surface area contributed by atoms with Crippen molar-refractivity contribution >= 4 is 11.6 Å². The summed E-state index contributed by atoms with van der Waals surface area (Å²) < 4.78 is 0. The van der Waals surface area contributed by atoms with E-state index in [9.17, 15) is 4.79 Å². The van der Waals surface area contributed by atoms with Crippen molar-refractivity contribution in [3.63, 3.8) is 0 Å². The Balaban J connectivity index is 2.46. The summed E-state index contributed by atoms with van der Waals surface area (Å²) in [6.07, 6.45) is 3.62. The quantitative estimate of drug-likeness (QED) is 0.643. The smallest absolute Gasteiger partial charge is 0.269 e. The maximum absolute atomic E-state index is 11.4. The molecule has 0 radical (unpaired) electrons. The van der Waals surface area contributed by atoms with Gasteiger partial charge in [-0.2, -0.15) is 0 Å². The van der Waals surface area contributed by atoms with E-state index in [1.54, 1.807) is 19.3 Å². The van der Waals surface area contributed by atoms with E-state index in [2.05, 4.69) is 15.6 Å². The number of hydrogen-bond acceptors (Lipinski definition) is 4. The number of carbonyl (C=O) groups excluding carboxylic acids is 1. The van der Waals surface area contributed by atoms with Crippen molar-refractivity contribution in [2.75, 3.05) is 18.9 Å². The third-order valence-corrected chi connectivity index (χ3v) is 2.39. The van der Waals surface area contributed by atoms with Gasteiger partial charge in [-0.05, 0) is 31.9 Å².